The molecule has 7 nitrogen and oxygen atoms in total. The first-order valence-electron chi connectivity index (χ1n) is 6.26. The molecule has 19 heavy (non-hydrogen) atoms. The zero-order valence-electron chi connectivity index (χ0n) is 11.5. The fourth-order valence-electron chi connectivity index (χ4n) is 1.34. The second-order valence-electron chi connectivity index (χ2n) is 3.91. The van der Waals surface area contributed by atoms with Crippen LogP contribution in [0.1, 0.15) is 27.2 Å². The summed E-state index contributed by atoms with van der Waals surface area (Å²) in [5, 5.41) is 2.88. The zero-order chi connectivity index (χ0) is 14.3. The van der Waals surface area contributed by atoms with Crippen LogP contribution in [-0.4, -0.2) is 35.2 Å². The van der Waals surface area contributed by atoms with E-state index in [-0.39, 0.29) is 11.7 Å². The van der Waals surface area contributed by atoms with Gasteiger partial charge in [-0.3, -0.25) is 0 Å². The maximum atomic E-state index is 11.5. The van der Waals surface area contributed by atoms with Crippen molar-refractivity contribution >= 4 is 17.5 Å². The van der Waals surface area contributed by atoms with Crippen LogP contribution in [0.25, 0.3) is 0 Å². The Labute approximate surface area is 112 Å². The molecule has 0 spiro atoms. The smallest absolute Gasteiger partial charge is 0.328 e. The van der Waals surface area contributed by atoms with Crippen LogP contribution in [0.2, 0.25) is 0 Å². The van der Waals surface area contributed by atoms with E-state index in [0.29, 0.717) is 24.9 Å². The second kappa shape index (κ2) is 7.40. The van der Waals surface area contributed by atoms with Crippen molar-refractivity contribution in [2.45, 2.75) is 33.2 Å². The van der Waals surface area contributed by atoms with Crippen molar-refractivity contribution < 1.29 is 14.3 Å². The van der Waals surface area contributed by atoms with E-state index >= 15 is 0 Å². The Bertz CT molecular complexity index is 425. The number of nitrogens with one attached hydrogen (secondary N) is 1. The zero-order valence-corrected chi connectivity index (χ0v) is 11.5. The first-order chi connectivity index (χ1) is 9.10. The van der Waals surface area contributed by atoms with Crippen LogP contribution in [0.5, 0.6) is 5.88 Å². The molecule has 0 radical (unpaired) electrons. The quantitative estimate of drug-likeness (QED) is 0.717. The van der Waals surface area contributed by atoms with Gasteiger partial charge in [-0.2, -0.15) is 4.98 Å². The number of nitrogens with two attached hydrogens (primary N) is 1. The highest BCUT2D eigenvalue weighted by atomic mass is 16.5. The molecule has 3 N–H and O–H groups in total. The van der Waals surface area contributed by atoms with Gasteiger partial charge < -0.3 is 20.5 Å². The minimum Gasteiger partial charge on any atom is -0.476 e. The van der Waals surface area contributed by atoms with Crippen LogP contribution in [0.15, 0.2) is 6.33 Å². The van der Waals surface area contributed by atoms with Crippen molar-refractivity contribution in [2.75, 3.05) is 24.3 Å². The molecule has 0 saturated heterocycles. The van der Waals surface area contributed by atoms with E-state index in [1.807, 2.05) is 6.92 Å². The van der Waals surface area contributed by atoms with E-state index in [9.17, 15) is 4.79 Å². The molecule has 1 aromatic heterocycles. The first kappa shape index (κ1) is 15.0. The molecule has 0 aromatic carbocycles. The fraction of sp³-hybridized carbons (Fsp3) is 0.583. The molecule has 0 bridgehead atoms. The predicted molar refractivity (Wildman–Crippen MR) is 71.9 cm³/mol. The molecule has 1 unspecified atom stereocenters. The van der Waals surface area contributed by atoms with Gasteiger partial charge >= 0.3 is 5.97 Å². The number of rotatable bonds is 7. The van der Waals surface area contributed by atoms with Crippen molar-refractivity contribution in [3.05, 3.63) is 6.33 Å². The summed E-state index contributed by atoms with van der Waals surface area (Å²) in [4.78, 5) is 19.5. The lowest BCUT2D eigenvalue weighted by Crippen LogP contribution is -2.29. The maximum Gasteiger partial charge on any atom is 0.328 e. The number of aromatic nitrogens is 2. The second-order valence-corrected chi connectivity index (χ2v) is 3.91. The van der Waals surface area contributed by atoms with Crippen LogP contribution in [-0.2, 0) is 9.53 Å². The molecule has 0 aliphatic heterocycles. The maximum absolute atomic E-state index is 11.5. The van der Waals surface area contributed by atoms with Gasteiger partial charge in [-0.25, -0.2) is 9.78 Å². The van der Waals surface area contributed by atoms with Crippen molar-refractivity contribution in [1.29, 1.82) is 0 Å². The standard InChI is InChI=1S/C12H20N4O3/c1-4-6-19-11-9(13)10(14-7-15-11)16-8(3)12(17)18-5-2/h7-8H,4-6,13H2,1-3H3,(H,14,15,16). The summed E-state index contributed by atoms with van der Waals surface area (Å²) in [7, 11) is 0. The lowest BCUT2D eigenvalue weighted by Gasteiger charge is -2.15. The molecule has 7 heteroatoms. The summed E-state index contributed by atoms with van der Waals surface area (Å²) in [5.41, 5.74) is 6.17. The van der Waals surface area contributed by atoms with Crippen LogP contribution in [0.4, 0.5) is 11.5 Å². The topological polar surface area (TPSA) is 99.4 Å². The third kappa shape index (κ3) is 4.27. The van der Waals surface area contributed by atoms with E-state index < -0.39 is 6.04 Å². The SMILES string of the molecule is CCCOc1ncnc(NC(C)C(=O)OCC)c1N. The Hall–Kier alpha value is -2.05. The molecule has 1 atom stereocenters. The molecule has 0 amide bonds. The van der Waals surface area contributed by atoms with Crippen molar-refractivity contribution in [2.24, 2.45) is 0 Å². The molecule has 106 valence electrons. The van der Waals surface area contributed by atoms with E-state index in [0.717, 1.165) is 6.42 Å². The van der Waals surface area contributed by atoms with Gasteiger partial charge in [-0.05, 0) is 20.3 Å². The van der Waals surface area contributed by atoms with Crippen molar-refractivity contribution in [1.82, 2.24) is 9.97 Å². The third-order valence-electron chi connectivity index (χ3n) is 2.28. The summed E-state index contributed by atoms with van der Waals surface area (Å²) >= 11 is 0. The van der Waals surface area contributed by atoms with Crippen molar-refractivity contribution in [3.63, 3.8) is 0 Å². The van der Waals surface area contributed by atoms with Gasteiger partial charge in [0.05, 0.1) is 13.2 Å². The summed E-state index contributed by atoms with van der Waals surface area (Å²) < 4.78 is 10.3. The Balaban J connectivity index is 2.75. The molecule has 1 rings (SSSR count). The number of esters is 1. The molecule has 0 saturated carbocycles. The number of nitrogen functional groups attached to an aromatic ring is 1. The van der Waals surface area contributed by atoms with Gasteiger partial charge in [0.2, 0.25) is 5.88 Å². The van der Waals surface area contributed by atoms with E-state index in [4.69, 9.17) is 15.2 Å². The summed E-state index contributed by atoms with van der Waals surface area (Å²) in [6, 6.07) is -0.545. The predicted octanol–water partition coefficient (Wildman–Crippen LogP) is 1.21. The third-order valence-corrected chi connectivity index (χ3v) is 2.28. The summed E-state index contributed by atoms with van der Waals surface area (Å²) in [6.07, 6.45) is 2.19. The number of ether oxygens (including phenoxy) is 2. The van der Waals surface area contributed by atoms with Crippen molar-refractivity contribution in [3.8, 4) is 5.88 Å². The van der Waals surface area contributed by atoms with Gasteiger partial charge in [0.15, 0.2) is 5.82 Å². The monoisotopic (exact) mass is 268 g/mol. The van der Waals surface area contributed by atoms with Gasteiger partial charge in [0, 0.05) is 0 Å². The molecule has 0 aliphatic rings. The Morgan fingerprint density at radius 1 is 1.47 bits per heavy atom. The molecule has 1 aromatic rings. The summed E-state index contributed by atoms with van der Waals surface area (Å²) in [5.74, 6) is 0.314. The minimum absolute atomic E-state index is 0.284. The van der Waals surface area contributed by atoms with Crippen LogP contribution >= 0.6 is 0 Å². The van der Waals surface area contributed by atoms with Gasteiger partial charge in [0.1, 0.15) is 18.1 Å². The molecule has 1 heterocycles. The number of hydrogen-bond acceptors (Lipinski definition) is 7. The lowest BCUT2D eigenvalue weighted by atomic mass is 10.3. The normalized spacial score (nSPS) is 11.7. The number of hydrogen-bond donors (Lipinski definition) is 2. The average molecular weight is 268 g/mol. The van der Waals surface area contributed by atoms with Crippen LogP contribution in [0, 0.1) is 0 Å². The van der Waals surface area contributed by atoms with Gasteiger partial charge in [-0.1, -0.05) is 6.92 Å². The van der Waals surface area contributed by atoms with Gasteiger partial charge in [-0.15, -0.1) is 0 Å². The van der Waals surface area contributed by atoms with E-state index in [1.165, 1.54) is 6.33 Å². The Morgan fingerprint density at radius 3 is 2.84 bits per heavy atom. The highest BCUT2D eigenvalue weighted by Crippen LogP contribution is 2.25. The number of nitrogens with zero attached hydrogens (tertiary/aromatic N) is 2. The van der Waals surface area contributed by atoms with E-state index in [1.54, 1.807) is 13.8 Å². The van der Waals surface area contributed by atoms with Gasteiger partial charge in [0.25, 0.3) is 0 Å². The Kier molecular flexibility index (Phi) is 5.84. The number of anilines is 2. The largest absolute Gasteiger partial charge is 0.476 e. The Morgan fingerprint density at radius 2 is 2.21 bits per heavy atom. The molecule has 0 aliphatic carbocycles. The average Bonchev–Trinajstić information content (AvgIpc) is 2.40. The van der Waals surface area contributed by atoms with E-state index in [2.05, 4.69) is 15.3 Å². The molecule has 0 fully saturated rings. The molecular formula is C12H20N4O3. The van der Waals surface area contributed by atoms with Crippen LogP contribution in [0.3, 0.4) is 0 Å². The molecular weight excluding hydrogens is 248 g/mol. The highest BCUT2D eigenvalue weighted by molar-refractivity contribution is 5.80. The minimum atomic E-state index is -0.545. The van der Waals surface area contributed by atoms with Crippen LogP contribution < -0.4 is 15.8 Å². The number of carbonyl (C=O) groups is 1. The summed E-state index contributed by atoms with van der Waals surface area (Å²) in [6.45, 7) is 6.26. The number of carbonyl (C=O) groups excluding carboxylic acids is 1. The fourth-order valence-corrected chi connectivity index (χ4v) is 1.34. The highest BCUT2D eigenvalue weighted by Gasteiger charge is 2.17. The lowest BCUT2D eigenvalue weighted by molar-refractivity contribution is -0.143. The first-order valence-corrected chi connectivity index (χ1v) is 6.26.